The largest absolute Gasteiger partial charge is 0.462 e. The van der Waals surface area contributed by atoms with Gasteiger partial charge in [-0.1, -0.05) is 80.2 Å². The molecule has 2 heterocycles. The second-order valence-corrected chi connectivity index (χ2v) is 22.2. The van der Waals surface area contributed by atoms with E-state index in [1.807, 2.05) is 60.7 Å². The Bertz CT molecular complexity index is 2610. The number of rotatable bonds is 16. The molecule has 0 bridgehead atoms. The maximum atomic E-state index is 14.1. The molecule has 3 aromatic rings. The third-order valence-electron chi connectivity index (χ3n) is 12.0. The summed E-state index contributed by atoms with van der Waals surface area (Å²) < 4.78 is 99.5. The van der Waals surface area contributed by atoms with Crippen molar-refractivity contribution in [1.82, 2.24) is 0 Å². The van der Waals surface area contributed by atoms with Gasteiger partial charge in [-0.3, -0.25) is 9.11 Å². The van der Waals surface area contributed by atoms with Crippen LogP contribution in [0, 0.1) is 0 Å². The van der Waals surface area contributed by atoms with Crippen molar-refractivity contribution in [3.63, 3.8) is 0 Å². The van der Waals surface area contributed by atoms with Crippen LogP contribution in [0.5, 0.6) is 0 Å². The molecular formula is C47H58N3O10S3+. The number of nitrogens with zero attached hydrogens (tertiary/aromatic N) is 3. The number of unbranched alkanes of at least 4 members (excludes halogenated alkanes) is 2. The Hall–Kier alpha value is -4.87. The molecule has 6 rings (SSSR count). The second kappa shape index (κ2) is 18.7. The van der Waals surface area contributed by atoms with Crippen molar-refractivity contribution in [3.8, 4) is 0 Å². The molecule has 3 aromatic carbocycles. The van der Waals surface area contributed by atoms with Crippen LogP contribution in [-0.2, 0) is 45.8 Å². The van der Waals surface area contributed by atoms with Gasteiger partial charge in [0.25, 0.3) is 20.2 Å². The topological polar surface area (TPSA) is 179 Å². The Morgan fingerprint density at radius 3 is 1.49 bits per heavy atom. The first kappa shape index (κ1) is 47.6. The van der Waals surface area contributed by atoms with E-state index in [-0.39, 0.29) is 36.5 Å². The molecule has 0 saturated heterocycles. The van der Waals surface area contributed by atoms with Crippen molar-refractivity contribution < 1.29 is 47.9 Å². The van der Waals surface area contributed by atoms with Gasteiger partial charge in [0.15, 0.2) is 0 Å². The number of carbonyl (C=O) groups is 1. The zero-order valence-corrected chi connectivity index (χ0v) is 39.2. The van der Waals surface area contributed by atoms with Gasteiger partial charge in [0, 0.05) is 70.0 Å². The molecule has 0 aromatic heterocycles. The van der Waals surface area contributed by atoms with Gasteiger partial charge in [-0.25, -0.2) is 4.79 Å². The summed E-state index contributed by atoms with van der Waals surface area (Å²) in [7, 11) is -12.2. The fourth-order valence-corrected chi connectivity index (χ4v) is 11.2. The third kappa shape index (κ3) is 10.7. The molecule has 338 valence electrons. The van der Waals surface area contributed by atoms with Gasteiger partial charge < -0.3 is 14.5 Å². The van der Waals surface area contributed by atoms with Crippen LogP contribution in [0.3, 0.4) is 0 Å². The number of fused-ring (bicyclic) bond motifs is 2. The van der Waals surface area contributed by atoms with E-state index in [1.54, 1.807) is 31.2 Å². The van der Waals surface area contributed by atoms with Gasteiger partial charge in [-0.05, 0) is 93.0 Å². The zero-order valence-electron chi connectivity index (χ0n) is 36.7. The summed E-state index contributed by atoms with van der Waals surface area (Å²) in [5.41, 5.74) is 7.75. The predicted molar refractivity (Wildman–Crippen MR) is 249 cm³/mol. The normalized spacial score (nSPS) is 19.7. The Labute approximate surface area is 372 Å². The average Bonchev–Trinajstić information content (AvgIpc) is 3.76. The highest BCUT2D eigenvalue weighted by Gasteiger charge is 2.42. The van der Waals surface area contributed by atoms with Crippen LogP contribution in [0.15, 0.2) is 120 Å². The van der Waals surface area contributed by atoms with E-state index in [1.165, 1.54) is 3.98 Å². The number of ether oxygens (including phenoxy) is 1. The molecule has 13 nitrogen and oxygen atoms in total. The summed E-state index contributed by atoms with van der Waals surface area (Å²) in [6.07, 6.45) is 11.7. The third-order valence-corrected chi connectivity index (χ3v) is 14.6. The van der Waals surface area contributed by atoms with E-state index in [0.29, 0.717) is 50.2 Å². The van der Waals surface area contributed by atoms with Crippen molar-refractivity contribution in [1.29, 1.82) is 0 Å². The van der Waals surface area contributed by atoms with Gasteiger partial charge in [0.2, 0.25) is 11.4 Å². The number of hydrogen-bond acceptors (Lipinski definition) is 10. The number of anilines is 2. The number of hydrogen-bond donors (Lipinski definition) is 2. The standard InChI is InChI=1S/C47H57N3O10S3/c1-7-60-45(51)36-22-26-37(27-23-36)50(61(6,52)53)44-34(24-28-42-46(2,3)38-16-8-10-18-40(38)48(42)30-12-14-32-62(54,55)56)20-21-35(44)25-29-43-47(4,5)39-17-9-11-19-41(39)49(43)31-13-15-33-63(57,58)59/h8-11,16-19,22-29H,7,12-15,20-21,30-33H2,1-6H3,(H-,54,55,56,57,58,59)/p+1. The Kier molecular flexibility index (Phi) is 14.1. The quantitative estimate of drug-likeness (QED) is 0.0609. The fourth-order valence-electron chi connectivity index (χ4n) is 8.96. The molecule has 1 aliphatic carbocycles. The Morgan fingerprint density at radius 2 is 1.10 bits per heavy atom. The van der Waals surface area contributed by atoms with Crippen LogP contribution in [-0.4, -0.2) is 87.5 Å². The van der Waals surface area contributed by atoms with Crippen molar-refractivity contribution in [3.05, 3.63) is 136 Å². The lowest BCUT2D eigenvalue weighted by molar-refractivity contribution is -0.258. The molecule has 0 radical (unpaired) electrons. The lowest BCUT2D eigenvalue weighted by Gasteiger charge is -2.27. The van der Waals surface area contributed by atoms with E-state index in [0.717, 1.165) is 51.3 Å². The molecule has 3 aliphatic rings. The van der Waals surface area contributed by atoms with Crippen molar-refractivity contribution >= 4 is 59.0 Å². The minimum Gasteiger partial charge on any atom is -0.462 e. The SMILES string of the molecule is CCOC(=O)c1ccc([N+](=C2/C(=C/C=C3/N(CCCCS(=O)(=O)O)c4ccccc4C3(C)C)CC/C2=C\C=C2\N(CCCCS(=O)(=O)O)c3ccccc3C2(C)C)S(C)(=O)=O)cc1. The van der Waals surface area contributed by atoms with Gasteiger partial charge in [-0.2, -0.15) is 25.3 Å². The number of benzene rings is 3. The van der Waals surface area contributed by atoms with Crippen LogP contribution in [0.25, 0.3) is 0 Å². The average molecular weight is 921 g/mol. The molecule has 1 saturated carbocycles. The minimum atomic E-state index is -4.11. The Morgan fingerprint density at radius 1 is 0.667 bits per heavy atom. The first-order valence-corrected chi connectivity index (χ1v) is 26.2. The van der Waals surface area contributed by atoms with Crippen LogP contribution in [0.1, 0.15) is 94.6 Å². The zero-order chi connectivity index (χ0) is 46.0. The highest BCUT2D eigenvalue weighted by atomic mass is 32.2. The Balaban J connectivity index is 1.50. The highest BCUT2D eigenvalue weighted by molar-refractivity contribution is 7.86. The molecule has 1 fully saturated rings. The molecule has 0 amide bonds. The molecule has 0 atom stereocenters. The van der Waals surface area contributed by atoms with Crippen molar-refractivity contribution in [2.45, 2.75) is 84.0 Å². The second-order valence-electron chi connectivity index (χ2n) is 17.2. The van der Waals surface area contributed by atoms with Gasteiger partial charge in [0.1, 0.15) is 0 Å². The lowest BCUT2D eigenvalue weighted by Crippen LogP contribution is -2.27. The summed E-state index contributed by atoms with van der Waals surface area (Å²) in [5.74, 6) is -1.20. The molecule has 63 heavy (non-hydrogen) atoms. The monoisotopic (exact) mass is 920 g/mol. The highest BCUT2D eigenvalue weighted by Crippen LogP contribution is 2.49. The smallest absolute Gasteiger partial charge is 0.367 e. The number of para-hydroxylation sites is 2. The number of esters is 1. The van der Waals surface area contributed by atoms with E-state index < -0.39 is 47.1 Å². The van der Waals surface area contributed by atoms with E-state index in [4.69, 9.17) is 4.74 Å². The van der Waals surface area contributed by atoms with Gasteiger partial charge in [0.05, 0.1) is 29.9 Å². The van der Waals surface area contributed by atoms with Crippen LogP contribution in [0.4, 0.5) is 17.1 Å². The summed E-state index contributed by atoms with van der Waals surface area (Å²) in [5, 5.41) is 0. The summed E-state index contributed by atoms with van der Waals surface area (Å²) in [6.45, 7) is 11.4. The molecule has 0 unspecified atom stereocenters. The van der Waals surface area contributed by atoms with Gasteiger partial charge in [-0.15, -0.1) is 0 Å². The van der Waals surface area contributed by atoms with E-state index in [2.05, 4.69) is 49.6 Å². The molecule has 16 heteroatoms. The summed E-state index contributed by atoms with van der Waals surface area (Å²) in [4.78, 5) is 16.9. The van der Waals surface area contributed by atoms with Crippen LogP contribution < -0.4 is 9.80 Å². The van der Waals surface area contributed by atoms with Gasteiger partial charge >= 0.3 is 16.0 Å². The molecule has 2 N–H and O–H groups in total. The summed E-state index contributed by atoms with van der Waals surface area (Å²) in [6, 6.07) is 22.4. The minimum absolute atomic E-state index is 0.190. The maximum Gasteiger partial charge on any atom is 0.367 e. The number of allylic oxidation sites excluding steroid dienone is 8. The van der Waals surface area contributed by atoms with Crippen molar-refractivity contribution in [2.24, 2.45) is 0 Å². The van der Waals surface area contributed by atoms with Crippen molar-refractivity contribution in [2.75, 3.05) is 47.3 Å². The summed E-state index contributed by atoms with van der Waals surface area (Å²) >= 11 is 0. The van der Waals surface area contributed by atoms with E-state index >= 15 is 0 Å². The maximum absolute atomic E-state index is 14.1. The predicted octanol–water partition coefficient (Wildman–Crippen LogP) is 8.25. The first-order valence-electron chi connectivity index (χ1n) is 21.2. The lowest BCUT2D eigenvalue weighted by atomic mass is 9.83. The van der Waals surface area contributed by atoms with Crippen LogP contribution >= 0.6 is 0 Å². The first-order chi connectivity index (χ1) is 29.5. The molecule has 2 aliphatic heterocycles. The number of carbonyl (C=O) groups excluding carboxylic acids is 1. The molecule has 0 spiro atoms. The van der Waals surface area contributed by atoms with E-state index in [9.17, 15) is 39.2 Å². The fraction of sp³-hybridized carbons (Fsp3) is 0.404. The number of sulfonamides is 1. The van der Waals surface area contributed by atoms with Crippen LogP contribution in [0.2, 0.25) is 0 Å². The molecular weight excluding hydrogens is 863 g/mol.